The zero-order chi connectivity index (χ0) is 15.5. The van der Waals surface area contributed by atoms with Crippen LogP contribution in [0.3, 0.4) is 0 Å². The van der Waals surface area contributed by atoms with Crippen molar-refractivity contribution in [3.63, 3.8) is 0 Å². The fraction of sp³-hybridized carbons (Fsp3) is 0.438. The standard InChI is InChI=1S/C16H19N3O2/c1-5-16(6-2,20-4)15-18-14(21-19-15)13-8-7-12(10-17)9-11(13)3/h7-9H,5-6H2,1-4H3. The number of rotatable bonds is 5. The highest BCUT2D eigenvalue weighted by Crippen LogP contribution is 2.32. The molecule has 0 amide bonds. The van der Waals surface area contributed by atoms with E-state index in [0.29, 0.717) is 17.3 Å². The highest BCUT2D eigenvalue weighted by Gasteiger charge is 2.33. The van der Waals surface area contributed by atoms with E-state index in [1.165, 1.54) is 0 Å². The molecule has 0 saturated carbocycles. The average molecular weight is 285 g/mol. The predicted molar refractivity (Wildman–Crippen MR) is 78.5 cm³/mol. The van der Waals surface area contributed by atoms with Gasteiger partial charge < -0.3 is 9.26 Å². The van der Waals surface area contributed by atoms with Gasteiger partial charge in [0.1, 0.15) is 5.60 Å². The van der Waals surface area contributed by atoms with Crippen molar-refractivity contribution in [3.05, 3.63) is 35.2 Å². The fourth-order valence-corrected chi connectivity index (χ4v) is 2.44. The summed E-state index contributed by atoms with van der Waals surface area (Å²) in [6, 6.07) is 7.50. The van der Waals surface area contributed by atoms with Gasteiger partial charge in [0.15, 0.2) is 0 Å². The Morgan fingerprint density at radius 1 is 1.33 bits per heavy atom. The van der Waals surface area contributed by atoms with Crippen molar-refractivity contribution in [2.45, 2.75) is 39.2 Å². The second-order valence-electron chi connectivity index (χ2n) is 4.97. The monoisotopic (exact) mass is 285 g/mol. The molecule has 0 N–H and O–H groups in total. The van der Waals surface area contributed by atoms with Crippen LogP contribution in [-0.4, -0.2) is 17.3 Å². The third-order valence-electron chi connectivity index (χ3n) is 3.95. The Labute approximate surface area is 124 Å². The van der Waals surface area contributed by atoms with Crippen LogP contribution in [0.5, 0.6) is 0 Å². The summed E-state index contributed by atoms with van der Waals surface area (Å²) in [7, 11) is 1.66. The van der Waals surface area contributed by atoms with Gasteiger partial charge in [-0.3, -0.25) is 0 Å². The molecule has 1 aromatic carbocycles. The van der Waals surface area contributed by atoms with E-state index in [2.05, 4.69) is 16.2 Å². The summed E-state index contributed by atoms with van der Waals surface area (Å²) in [5.74, 6) is 1.02. The van der Waals surface area contributed by atoms with Crippen molar-refractivity contribution in [2.24, 2.45) is 0 Å². The molecule has 5 nitrogen and oxygen atoms in total. The molecule has 0 bridgehead atoms. The molecule has 21 heavy (non-hydrogen) atoms. The lowest BCUT2D eigenvalue weighted by molar-refractivity contribution is -0.0306. The van der Waals surface area contributed by atoms with E-state index in [0.717, 1.165) is 24.0 Å². The van der Waals surface area contributed by atoms with Crippen LogP contribution >= 0.6 is 0 Å². The number of nitrogens with zero attached hydrogens (tertiary/aromatic N) is 3. The molecule has 0 aliphatic rings. The molecule has 0 aliphatic heterocycles. The van der Waals surface area contributed by atoms with Crippen LogP contribution in [0.1, 0.15) is 43.6 Å². The van der Waals surface area contributed by atoms with Gasteiger partial charge in [-0.1, -0.05) is 19.0 Å². The van der Waals surface area contributed by atoms with E-state index in [1.807, 2.05) is 32.9 Å². The molecule has 0 fully saturated rings. The van der Waals surface area contributed by atoms with Crippen LogP contribution in [0.4, 0.5) is 0 Å². The van der Waals surface area contributed by atoms with Crippen LogP contribution in [0.25, 0.3) is 11.5 Å². The Morgan fingerprint density at radius 2 is 2.05 bits per heavy atom. The first kappa shape index (κ1) is 15.2. The lowest BCUT2D eigenvalue weighted by Crippen LogP contribution is -2.28. The summed E-state index contributed by atoms with van der Waals surface area (Å²) in [5, 5.41) is 13.0. The van der Waals surface area contributed by atoms with Crippen LogP contribution in [0.15, 0.2) is 22.7 Å². The molecule has 0 unspecified atom stereocenters. The fourth-order valence-electron chi connectivity index (χ4n) is 2.44. The molecule has 2 aromatic rings. The van der Waals surface area contributed by atoms with E-state index in [1.54, 1.807) is 13.2 Å². The van der Waals surface area contributed by atoms with Gasteiger partial charge in [0, 0.05) is 12.7 Å². The Morgan fingerprint density at radius 3 is 2.57 bits per heavy atom. The smallest absolute Gasteiger partial charge is 0.258 e. The molecule has 1 heterocycles. The summed E-state index contributed by atoms with van der Waals surface area (Å²) < 4.78 is 11.0. The summed E-state index contributed by atoms with van der Waals surface area (Å²) in [4.78, 5) is 4.50. The normalized spacial score (nSPS) is 11.4. The number of aromatic nitrogens is 2. The molecular weight excluding hydrogens is 266 g/mol. The van der Waals surface area contributed by atoms with E-state index < -0.39 is 5.60 Å². The van der Waals surface area contributed by atoms with Crippen molar-refractivity contribution in [1.29, 1.82) is 5.26 Å². The number of hydrogen-bond acceptors (Lipinski definition) is 5. The summed E-state index contributed by atoms with van der Waals surface area (Å²) in [6.07, 6.45) is 1.54. The Hall–Kier alpha value is -2.19. The van der Waals surface area contributed by atoms with Gasteiger partial charge in [0.05, 0.1) is 11.6 Å². The SMILES string of the molecule is CCC(CC)(OC)c1noc(-c2ccc(C#N)cc2C)n1. The van der Waals surface area contributed by atoms with Gasteiger partial charge in [0.2, 0.25) is 5.82 Å². The quantitative estimate of drug-likeness (QED) is 0.839. The molecule has 0 spiro atoms. The number of nitriles is 1. The molecule has 0 radical (unpaired) electrons. The first-order valence-electron chi connectivity index (χ1n) is 7.00. The van der Waals surface area contributed by atoms with E-state index in [-0.39, 0.29) is 0 Å². The molecule has 110 valence electrons. The Balaban J connectivity index is 2.43. The lowest BCUT2D eigenvalue weighted by atomic mass is 9.96. The molecular formula is C16H19N3O2. The Bertz CT molecular complexity index is 658. The molecule has 0 atom stereocenters. The minimum atomic E-state index is -0.512. The van der Waals surface area contributed by atoms with Gasteiger partial charge in [0.25, 0.3) is 5.89 Å². The van der Waals surface area contributed by atoms with Gasteiger partial charge >= 0.3 is 0 Å². The van der Waals surface area contributed by atoms with Gasteiger partial charge in [-0.05, 0) is 43.5 Å². The number of hydrogen-bond donors (Lipinski definition) is 0. The number of aryl methyl sites for hydroxylation is 1. The average Bonchev–Trinajstić information content (AvgIpc) is 2.99. The summed E-state index contributed by atoms with van der Waals surface area (Å²) >= 11 is 0. The number of benzene rings is 1. The number of ether oxygens (including phenoxy) is 1. The lowest BCUT2D eigenvalue weighted by Gasteiger charge is -2.25. The molecule has 5 heteroatoms. The molecule has 1 aromatic heterocycles. The van der Waals surface area contributed by atoms with Crippen LogP contribution < -0.4 is 0 Å². The molecule has 0 saturated heterocycles. The van der Waals surface area contributed by atoms with Crippen LogP contribution in [0.2, 0.25) is 0 Å². The van der Waals surface area contributed by atoms with E-state index >= 15 is 0 Å². The van der Waals surface area contributed by atoms with E-state index in [4.69, 9.17) is 14.5 Å². The van der Waals surface area contributed by atoms with E-state index in [9.17, 15) is 0 Å². The minimum absolute atomic E-state index is 0.454. The Kier molecular flexibility index (Phi) is 4.39. The zero-order valence-electron chi connectivity index (χ0n) is 12.8. The maximum absolute atomic E-state index is 8.91. The van der Waals surface area contributed by atoms with Crippen molar-refractivity contribution in [2.75, 3.05) is 7.11 Å². The minimum Gasteiger partial charge on any atom is -0.370 e. The van der Waals surface area contributed by atoms with Gasteiger partial charge in [-0.25, -0.2) is 0 Å². The number of methoxy groups -OCH3 is 1. The van der Waals surface area contributed by atoms with Crippen molar-refractivity contribution in [1.82, 2.24) is 10.1 Å². The molecule has 2 rings (SSSR count). The second kappa shape index (κ2) is 6.06. The van der Waals surface area contributed by atoms with Gasteiger partial charge in [-0.15, -0.1) is 0 Å². The largest absolute Gasteiger partial charge is 0.370 e. The highest BCUT2D eigenvalue weighted by atomic mass is 16.5. The highest BCUT2D eigenvalue weighted by molar-refractivity contribution is 5.60. The first-order chi connectivity index (χ1) is 10.1. The maximum Gasteiger partial charge on any atom is 0.258 e. The van der Waals surface area contributed by atoms with Crippen molar-refractivity contribution < 1.29 is 9.26 Å². The third kappa shape index (κ3) is 2.67. The maximum atomic E-state index is 8.91. The molecule has 0 aliphatic carbocycles. The zero-order valence-corrected chi connectivity index (χ0v) is 12.8. The van der Waals surface area contributed by atoms with Crippen molar-refractivity contribution >= 4 is 0 Å². The van der Waals surface area contributed by atoms with Crippen molar-refractivity contribution in [3.8, 4) is 17.5 Å². The third-order valence-corrected chi connectivity index (χ3v) is 3.95. The van der Waals surface area contributed by atoms with Crippen LogP contribution in [0, 0.1) is 18.3 Å². The topological polar surface area (TPSA) is 71.9 Å². The summed E-state index contributed by atoms with van der Waals surface area (Å²) in [5.41, 5.74) is 1.87. The predicted octanol–water partition coefficient (Wildman–Crippen LogP) is 3.58. The first-order valence-corrected chi connectivity index (χ1v) is 7.00. The van der Waals surface area contributed by atoms with Crippen LogP contribution in [-0.2, 0) is 10.3 Å². The van der Waals surface area contributed by atoms with Gasteiger partial charge in [-0.2, -0.15) is 10.2 Å². The second-order valence-corrected chi connectivity index (χ2v) is 4.97. The summed E-state index contributed by atoms with van der Waals surface area (Å²) in [6.45, 7) is 6.00.